The molecule has 0 aliphatic rings. The Morgan fingerprint density at radius 2 is 2.11 bits per heavy atom. The molecule has 7 nitrogen and oxygen atoms in total. The molecule has 0 saturated carbocycles. The Bertz CT molecular complexity index is 726. The lowest BCUT2D eigenvalue weighted by molar-refractivity contribution is 0.0690. The van der Waals surface area contributed by atoms with E-state index in [1.54, 1.807) is 0 Å². The van der Waals surface area contributed by atoms with Crippen LogP contribution in [-0.2, 0) is 10.0 Å². The first-order valence-electron chi connectivity index (χ1n) is 4.95. The van der Waals surface area contributed by atoms with Crippen LogP contribution in [0.25, 0.3) is 0 Å². The Morgan fingerprint density at radius 1 is 1.37 bits per heavy atom. The number of halogens is 1. The molecular formula is C10H8ClN3O4S. The third-order valence-corrected chi connectivity index (χ3v) is 3.74. The molecule has 0 saturated heterocycles. The van der Waals surface area contributed by atoms with E-state index in [0.29, 0.717) is 0 Å². The highest BCUT2D eigenvalue weighted by atomic mass is 35.5. The monoisotopic (exact) mass is 301 g/mol. The SMILES string of the molecule is O=C(O)c1cc(NS(=O)(=O)c2cccc(Cl)c2)n[nH]1. The fourth-order valence-electron chi connectivity index (χ4n) is 1.31. The largest absolute Gasteiger partial charge is 0.477 e. The van der Waals surface area contributed by atoms with E-state index in [2.05, 4.69) is 14.9 Å². The summed E-state index contributed by atoms with van der Waals surface area (Å²) < 4.78 is 26.1. The molecule has 0 radical (unpaired) electrons. The Kier molecular flexibility index (Phi) is 3.45. The number of benzene rings is 1. The number of aromatic nitrogens is 2. The fourth-order valence-corrected chi connectivity index (χ4v) is 2.61. The van der Waals surface area contributed by atoms with Gasteiger partial charge in [-0.05, 0) is 18.2 Å². The van der Waals surface area contributed by atoms with Gasteiger partial charge >= 0.3 is 5.97 Å². The van der Waals surface area contributed by atoms with Crippen molar-refractivity contribution in [1.82, 2.24) is 10.2 Å². The fraction of sp³-hybridized carbons (Fsp3) is 0. The van der Waals surface area contributed by atoms with E-state index in [4.69, 9.17) is 16.7 Å². The molecule has 19 heavy (non-hydrogen) atoms. The second-order valence-corrected chi connectivity index (χ2v) is 5.65. The molecule has 0 unspecified atom stereocenters. The predicted molar refractivity (Wildman–Crippen MR) is 67.8 cm³/mol. The minimum Gasteiger partial charge on any atom is -0.477 e. The Hall–Kier alpha value is -2.06. The van der Waals surface area contributed by atoms with Gasteiger partial charge in [0.05, 0.1) is 4.90 Å². The van der Waals surface area contributed by atoms with Crippen molar-refractivity contribution in [2.75, 3.05) is 4.72 Å². The number of nitrogens with one attached hydrogen (secondary N) is 2. The van der Waals surface area contributed by atoms with Gasteiger partial charge < -0.3 is 5.11 Å². The number of hydrogen-bond donors (Lipinski definition) is 3. The van der Waals surface area contributed by atoms with Crippen LogP contribution in [0.1, 0.15) is 10.5 Å². The van der Waals surface area contributed by atoms with Gasteiger partial charge in [-0.25, -0.2) is 13.2 Å². The second kappa shape index (κ2) is 4.90. The van der Waals surface area contributed by atoms with Crippen LogP contribution < -0.4 is 4.72 Å². The number of aromatic carboxylic acids is 1. The number of H-pyrrole nitrogens is 1. The third-order valence-electron chi connectivity index (χ3n) is 2.15. The summed E-state index contributed by atoms with van der Waals surface area (Å²) in [5.41, 5.74) is -0.219. The number of hydrogen-bond acceptors (Lipinski definition) is 4. The number of rotatable bonds is 4. The summed E-state index contributed by atoms with van der Waals surface area (Å²) in [5, 5.41) is 14.7. The van der Waals surface area contributed by atoms with E-state index in [1.807, 2.05) is 0 Å². The van der Waals surface area contributed by atoms with Gasteiger partial charge in [-0.15, -0.1) is 0 Å². The molecule has 0 amide bonds. The smallest absolute Gasteiger partial charge is 0.353 e. The molecule has 1 aromatic heterocycles. The maximum Gasteiger partial charge on any atom is 0.353 e. The van der Waals surface area contributed by atoms with Crippen LogP contribution in [0, 0.1) is 0 Å². The molecule has 100 valence electrons. The minimum atomic E-state index is -3.86. The highest BCUT2D eigenvalue weighted by Gasteiger charge is 2.17. The molecule has 1 aromatic carbocycles. The molecule has 0 aliphatic carbocycles. The standard InChI is InChI=1S/C10H8ClN3O4S/c11-6-2-1-3-7(4-6)19(17,18)14-9-5-8(10(15)16)12-13-9/h1-5H,(H,15,16)(H2,12,13,14). The maximum atomic E-state index is 12.0. The Labute approximate surface area is 113 Å². The maximum absolute atomic E-state index is 12.0. The van der Waals surface area contributed by atoms with Crippen LogP contribution in [0.4, 0.5) is 5.82 Å². The first-order valence-corrected chi connectivity index (χ1v) is 6.82. The van der Waals surface area contributed by atoms with Gasteiger partial charge in [0, 0.05) is 11.1 Å². The van der Waals surface area contributed by atoms with Crippen molar-refractivity contribution >= 4 is 33.4 Å². The molecule has 9 heteroatoms. The van der Waals surface area contributed by atoms with Crippen LogP contribution in [0.15, 0.2) is 35.2 Å². The van der Waals surface area contributed by atoms with Crippen LogP contribution in [0.3, 0.4) is 0 Å². The lowest BCUT2D eigenvalue weighted by Gasteiger charge is -2.05. The second-order valence-electron chi connectivity index (χ2n) is 3.53. The van der Waals surface area contributed by atoms with Crippen molar-refractivity contribution in [2.45, 2.75) is 4.90 Å². The Balaban J connectivity index is 2.28. The molecule has 2 rings (SSSR count). The Morgan fingerprint density at radius 3 is 2.68 bits per heavy atom. The van der Waals surface area contributed by atoms with Gasteiger partial charge in [0.1, 0.15) is 5.69 Å². The number of anilines is 1. The average Bonchev–Trinajstić information content (AvgIpc) is 2.77. The lowest BCUT2D eigenvalue weighted by Crippen LogP contribution is -2.13. The predicted octanol–water partition coefficient (Wildman–Crippen LogP) is 1.56. The van der Waals surface area contributed by atoms with E-state index in [9.17, 15) is 13.2 Å². The van der Waals surface area contributed by atoms with Crippen molar-refractivity contribution in [1.29, 1.82) is 0 Å². The van der Waals surface area contributed by atoms with Crippen LogP contribution >= 0.6 is 11.6 Å². The first kappa shape index (κ1) is 13.4. The molecular weight excluding hydrogens is 294 g/mol. The molecule has 0 spiro atoms. The molecule has 0 bridgehead atoms. The molecule has 0 aliphatic heterocycles. The van der Waals surface area contributed by atoms with Gasteiger partial charge in [-0.2, -0.15) is 5.10 Å². The minimum absolute atomic E-state index is 0.0418. The molecule has 0 atom stereocenters. The van der Waals surface area contributed by atoms with E-state index >= 15 is 0 Å². The number of carbonyl (C=O) groups is 1. The summed E-state index contributed by atoms with van der Waals surface area (Å²) in [5.74, 6) is -1.35. The van der Waals surface area contributed by atoms with Gasteiger partial charge in [0.25, 0.3) is 10.0 Å². The van der Waals surface area contributed by atoms with Crippen LogP contribution in [0.5, 0.6) is 0 Å². The van der Waals surface area contributed by atoms with Crippen molar-refractivity contribution in [3.63, 3.8) is 0 Å². The van der Waals surface area contributed by atoms with Crippen LogP contribution in [-0.4, -0.2) is 29.7 Å². The summed E-state index contributed by atoms with van der Waals surface area (Å²) >= 11 is 5.71. The highest BCUT2D eigenvalue weighted by molar-refractivity contribution is 7.92. The summed E-state index contributed by atoms with van der Waals surface area (Å²) in [4.78, 5) is 10.6. The molecule has 3 N–H and O–H groups in total. The summed E-state index contributed by atoms with van der Waals surface area (Å²) in [7, 11) is -3.86. The van der Waals surface area contributed by atoms with Crippen LogP contribution in [0.2, 0.25) is 5.02 Å². The zero-order chi connectivity index (χ0) is 14.0. The van der Waals surface area contributed by atoms with E-state index in [-0.39, 0.29) is 21.4 Å². The number of aromatic amines is 1. The summed E-state index contributed by atoms with van der Waals surface area (Å²) in [6.45, 7) is 0. The molecule has 1 heterocycles. The summed E-state index contributed by atoms with van der Waals surface area (Å²) in [6, 6.07) is 6.74. The average molecular weight is 302 g/mol. The topological polar surface area (TPSA) is 112 Å². The van der Waals surface area contributed by atoms with Gasteiger partial charge in [-0.1, -0.05) is 17.7 Å². The summed E-state index contributed by atoms with van der Waals surface area (Å²) in [6.07, 6.45) is 0. The van der Waals surface area contributed by atoms with Gasteiger partial charge in [-0.3, -0.25) is 9.82 Å². The van der Waals surface area contributed by atoms with Crippen molar-refractivity contribution in [3.05, 3.63) is 41.0 Å². The van der Waals surface area contributed by atoms with Crippen molar-refractivity contribution in [3.8, 4) is 0 Å². The molecule has 2 aromatic rings. The number of carboxylic acid groups (broad SMARTS) is 1. The number of nitrogens with zero attached hydrogens (tertiary/aromatic N) is 1. The van der Waals surface area contributed by atoms with Crippen molar-refractivity contribution < 1.29 is 18.3 Å². The van der Waals surface area contributed by atoms with E-state index in [0.717, 1.165) is 6.07 Å². The normalized spacial score (nSPS) is 11.2. The number of carboxylic acids is 1. The number of sulfonamides is 1. The zero-order valence-corrected chi connectivity index (χ0v) is 10.9. The lowest BCUT2D eigenvalue weighted by atomic mass is 10.4. The van der Waals surface area contributed by atoms with Gasteiger partial charge in [0.15, 0.2) is 5.82 Å². The quantitative estimate of drug-likeness (QED) is 0.793. The van der Waals surface area contributed by atoms with Gasteiger partial charge in [0.2, 0.25) is 0 Å². The first-order chi connectivity index (χ1) is 8.88. The van der Waals surface area contributed by atoms with E-state index < -0.39 is 16.0 Å². The van der Waals surface area contributed by atoms with Crippen molar-refractivity contribution in [2.24, 2.45) is 0 Å². The zero-order valence-electron chi connectivity index (χ0n) is 9.29. The van der Waals surface area contributed by atoms with E-state index in [1.165, 1.54) is 24.3 Å². The molecule has 0 fully saturated rings. The highest BCUT2D eigenvalue weighted by Crippen LogP contribution is 2.18. The third kappa shape index (κ3) is 3.04.